The fourth-order valence-electron chi connectivity index (χ4n) is 2.05. The van der Waals surface area contributed by atoms with Gasteiger partial charge in [0.05, 0.1) is 5.69 Å². The summed E-state index contributed by atoms with van der Waals surface area (Å²) in [6.07, 6.45) is -0.496. The lowest BCUT2D eigenvalue weighted by Gasteiger charge is -2.19. The Hall–Kier alpha value is -2.68. The van der Waals surface area contributed by atoms with E-state index in [1.165, 1.54) is 12.1 Å². The fourth-order valence-corrected chi connectivity index (χ4v) is 3.08. The van der Waals surface area contributed by atoms with E-state index in [1.807, 2.05) is 0 Å². The molecule has 0 saturated heterocycles. The van der Waals surface area contributed by atoms with E-state index in [2.05, 4.69) is 26.6 Å². The number of carboxylic acid groups (broad SMARTS) is 2. The molecule has 0 heterocycles. The Morgan fingerprint density at radius 1 is 1.13 bits per heavy atom. The molecule has 0 saturated carbocycles. The van der Waals surface area contributed by atoms with Crippen molar-refractivity contribution in [3.05, 3.63) is 28.7 Å². The minimum Gasteiger partial charge on any atom is -0.480 e. The smallest absolute Gasteiger partial charge is 0.322 e. The average Bonchev–Trinajstić information content (AvgIpc) is 2.72. The van der Waals surface area contributed by atoms with Gasteiger partial charge in [0.25, 0.3) is 0 Å². The lowest BCUT2D eigenvalue weighted by Crippen LogP contribution is -2.50. The van der Waals surface area contributed by atoms with Crippen LogP contribution in [0.4, 0.5) is 10.5 Å². The number of nitrogens with zero attached hydrogens (tertiary/aromatic N) is 1. The molecule has 0 aliphatic carbocycles. The van der Waals surface area contributed by atoms with Gasteiger partial charge in [0.1, 0.15) is 18.6 Å². The molecule has 0 aliphatic heterocycles. The van der Waals surface area contributed by atoms with E-state index in [9.17, 15) is 29.2 Å². The van der Waals surface area contributed by atoms with Crippen molar-refractivity contribution in [2.75, 3.05) is 17.4 Å². The van der Waals surface area contributed by atoms with Crippen LogP contribution in [0.15, 0.2) is 28.7 Å². The number of carbonyl (C=O) groups excluding carboxylic acids is 3. The maximum Gasteiger partial charge on any atom is 0.322 e. The summed E-state index contributed by atoms with van der Waals surface area (Å²) in [4.78, 5) is 57.8. The third-order valence-corrected chi connectivity index (χ3v) is 5.13. The maximum atomic E-state index is 12.2. The lowest BCUT2D eigenvalue weighted by molar-refractivity contribution is -0.139. The number of hydrogen-bond donors (Lipinski definition) is 6. The number of anilines is 1. The van der Waals surface area contributed by atoms with Gasteiger partial charge < -0.3 is 26.6 Å². The number of nitrogens with two attached hydrogens (primary N) is 1. The van der Waals surface area contributed by atoms with Crippen molar-refractivity contribution in [1.29, 1.82) is 0 Å². The zero-order chi connectivity index (χ0) is 23.6. The van der Waals surface area contributed by atoms with Crippen LogP contribution in [-0.4, -0.2) is 68.8 Å². The van der Waals surface area contributed by atoms with Crippen molar-refractivity contribution < 1.29 is 39.4 Å². The molecule has 170 valence electrons. The number of halogens is 1. The highest BCUT2D eigenvalue weighted by atomic mass is 79.9. The number of thioether (sulfide) groups is 1. The number of aliphatic carboxylic acids is 2. The second kappa shape index (κ2) is 12.9. The highest BCUT2D eigenvalue weighted by molar-refractivity contribution is 9.10. The van der Waals surface area contributed by atoms with Crippen LogP contribution in [-0.2, 0) is 19.2 Å². The molecule has 31 heavy (non-hydrogen) atoms. The van der Waals surface area contributed by atoms with Gasteiger partial charge in [-0.2, -0.15) is 5.06 Å². The molecule has 0 aromatic heterocycles. The zero-order valence-corrected chi connectivity index (χ0v) is 18.4. The van der Waals surface area contributed by atoms with Gasteiger partial charge in [0.15, 0.2) is 0 Å². The molecule has 0 radical (unpaired) electrons. The van der Waals surface area contributed by atoms with Crippen LogP contribution in [0.5, 0.6) is 0 Å². The van der Waals surface area contributed by atoms with Crippen molar-refractivity contribution in [2.24, 2.45) is 5.73 Å². The van der Waals surface area contributed by atoms with Crippen molar-refractivity contribution in [3.63, 3.8) is 0 Å². The van der Waals surface area contributed by atoms with E-state index in [0.717, 1.165) is 4.47 Å². The first kappa shape index (κ1) is 26.4. The number of hydrogen-bond acceptors (Lipinski definition) is 8. The van der Waals surface area contributed by atoms with Crippen molar-refractivity contribution in [3.8, 4) is 0 Å². The van der Waals surface area contributed by atoms with E-state index < -0.39 is 47.6 Å². The average molecular weight is 521 g/mol. The van der Waals surface area contributed by atoms with Gasteiger partial charge >= 0.3 is 17.2 Å². The van der Waals surface area contributed by atoms with Gasteiger partial charge in [-0.1, -0.05) is 27.7 Å². The molecule has 14 heteroatoms. The Bertz CT molecular complexity index is 823. The Morgan fingerprint density at radius 2 is 1.74 bits per heavy atom. The van der Waals surface area contributed by atoms with Gasteiger partial charge in [0.2, 0.25) is 11.8 Å². The normalized spacial score (nSPS) is 12.4. The van der Waals surface area contributed by atoms with Gasteiger partial charge in [-0.05, 0) is 30.7 Å². The maximum absolute atomic E-state index is 12.2. The highest BCUT2D eigenvalue weighted by Crippen LogP contribution is 2.21. The van der Waals surface area contributed by atoms with Gasteiger partial charge in [-0.3, -0.25) is 29.2 Å². The SMILES string of the molecule is N[C@@H](CCC(=O)N[C@@H](CSC(=O)N(O)c1ccc(Br)cc1)C(=O)NCC(=O)O)C(=O)O. The van der Waals surface area contributed by atoms with E-state index in [1.54, 1.807) is 12.1 Å². The number of carboxylic acids is 2. The highest BCUT2D eigenvalue weighted by Gasteiger charge is 2.25. The number of hydroxylamine groups is 1. The molecule has 0 bridgehead atoms. The third kappa shape index (κ3) is 9.78. The summed E-state index contributed by atoms with van der Waals surface area (Å²) in [5.74, 6) is -4.51. The molecule has 3 amide bonds. The number of nitrogens with one attached hydrogen (secondary N) is 2. The molecular weight excluding hydrogens is 500 g/mol. The second-order valence-corrected chi connectivity index (χ2v) is 7.97. The van der Waals surface area contributed by atoms with E-state index in [4.69, 9.17) is 15.9 Å². The van der Waals surface area contributed by atoms with E-state index >= 15 is 0 Å². The minimum atomic E-state index is -1.32. The monoisotopic (exact) mass is 520 g/mol. The zero-order valence-electron chi connectivity index (χ0n) is 16.0. The molecule has 1 rings (SSSR count). The first-order chi connectivity index (χ1) is 14.5. The number of carbonyl (C=O) groups is 5. The van der Waals surface area contributed by atoms with Gasteiger partial charge in [0, 0.05) is 16.6 Å². The predicted octanol–water partition coefficient (Wildman–Crippen LogP) is 0.376. The number of rotatable bonds is 11. The topological polar surface area (TPSA) is 199 Å². The summed E-state index contributed by atoms with van der Waals surface area (Å²) in [7, 11) is 0. The fraction of sp³-hybridized carbons (Fsp3) is 0.353. The summed E-state index contributed by atoms with van der Waals surface area (Å²) in [5, 5.41) is 31.3. The van der Waals surface area contributed by atoms with Crippen LogP contribution in [0.25, 0.3) is 0 Å². The molecular formula is C17H21BrN4O8S. The number of amides is 3. The summed E-state index contributed by atoms with van der Waals surface area (Å²) in [6, 6.07) is 3.54. The molecule has 0 unspecified atom stereocenters. The summed E-state index contributed by atoms with van der Waals surface area (Å²) >= 11 is 3.73. The van der Waals surface area contributed by atoms with Crippen LogP contribution in [0.3, 0.4) is 0 Å². The molecule has 1 aromatic carbocycles. The second-order valence-electron chi connectivity index (χ2n) is 6.08. The van der Waals surface area contributed by atoms with Crippen LogP contribution >= 0.6 is 27.7 Å². The Kier molecular flexibility index (Phi) is 11.0. The van der Waals surface area contributed by atoms with Crippen molar-refractivity contribution in [1.82, 2.24) is 10.6 Å². The van der Waals surface area contributed by atoms with Crippen LogP contribution in [0, 0.1) is 0 Å². The molecule has 2 atom stereocenters. The van der Waals surface area contributed by atoms with Crippen LogP contribution in [0.2, 0.25) is 0 Å². The lowest BCUT2D eigenvalue weighted by atomic mass is 10.1. The molecule has 1 aromatic rings. The van der Waals surface area contributed by atoms with Gasteiger partial charge in [-0.25, -0.2) is 0 Å². The summed E-state index contributed by atoms with van der Waals surface area (Å²) in [5.41, 5.74) is 5.49. The molecule has 7 N–H and O–H groups in total. The Labute approximate surface area is 189 Å². The predicted molar refractivity (Wildman–Crippen MR) is 114 cm³/mol. The van der Waals surface area contributed by atoms with Crippen LogP contribution in [0.1, 0.15) is 12.8 Å². The molecule has 12 nitrogen and oxygen atoms in total. The quantitative estimate of drug-likeness (QED) is 0.175. The summed E-state index contributed by atoms with van der Waals surface area (Å²) in [6.45, 7) is -0.710. The first-order valence-corrected chi connectivity index (χ1v) is 10.5. The summed E-state index contributed by atoms with van der Waals surface area (Å²) < 4.78 is 0.727. The van der Waals surface area contributed by atoms with Crippen molar-refractivity contribution >= 4 is 62.4 Å². The molecule has 0 spiro atoms. The standard InChI is InChI=1S/C17H21BrN4O8S/c18-9-1-3-10(4-2-9)22(30)17(29)31-8-12(15(26)20-7-14(24)25)21-13(23)6-5-11(19)16(27)28/h1-4,11-12,30H,5-8,19H2,(H,20,26)(H,21,23)(H,24,25)(H,27,28)/t11-,12-/m0/s1. The minimum absolute atomic E-state index is 0.166. The van der Waals surface area contributed by atoms with Gasteiger partial charge in [-0.15, -0.1) is 0 Å². The largest absolute Gasteiger partial charge is 0.480 e. The number of benzene rings is 1. The Balaban J connectivity index is 2.74. The van der Waals surface area contributed by atoms with Crippen LogP contribution < -0.4 is 21.4 Å². The third-order valence-electron chi connectivity index (χ3n) is 3.68. The van der Waals surface area contributed by atoms with E-state index in [0.29, 0.717) is 16.8 Å². The van der Waals surface area contributed by atoms with Crippen molar-refractivity contribution in [2.45, 2.75) is 24.9 Å². The van der Waals surface area contributed by atoms with E-state index in [-0.39, 0.29) is 24.3 Å². The Morgan fingerprint density at radius 3 is 2.29 bits per heavy atom. The molecule has 0 aliphatic rings. The molecule has 0 fully saturated rings. The first-order valence-electron chi connectivity index (χ1n) is 8.69.